The van der Waals surface area contributed by atoms with Gasteiger partial charge in [0.1, 0.15) is 0 Å². The number of hydrogen-bond donors (Lipinski definition) is 1. The van der Waals surface area contributed by atoms with E-state index in [0.717, 1.165) is 5.56 Å². The van der Waals surface area contributed by atoms with E-state index in [0.29, 0.717) is 22.1 Å². The van der Waals surface area contributed by atoms with Gasteiger partial charge < -0.3 is 19.1 Å². The van der Waals surface area contributed by atoms with Crippen LogP contribution in [0.5, 0.6) is 11.5 Å². The van der Waals surface area contributed by atoms with Crippen LogP contribution in [0.25, 0.3) is 11.3 Å². The number of aromatic nitrogens is 1. The summed E-state index contributed by atoms with van der Waals surface area (Å²) in [5, 5.41) is 12.9. The van der Waals surface area contributed by atoms with Crippen molar-refractivity contribution < 1.29 is 23.9 Å². The number of ether oxygens (including phenoxy) is 2. The van der Waals surface area contributed by atoms with Crippen molar-refractivity contribution >= 4 is 17.6 Å². The number of carboxylic acid groups (broad SMARTS) is 1. The maximum atomic E-state index is 11.0. The molecule has 1 aromatic carbocycles. The van der Waals surface area contributed by atoms with E-state index in [2.05, 4.69) is 5.16 Å². The zero-order valence-corrected chi connectivity index (χ0v) is 13.4. The molecule has 1 aromatic heterocycles. The number of halogens is 1. The minimum Gasteiger partial charge on any atom is -0.493 e. The van der Waals surface area contributed by atoms with Crippen LogP contribution in [0.4, 0.5) is 0 Å². The standard InChI is InChI=1S/C15H16ClNO5/c1-7(2)8-5-11(20-3)14(21-4)12(13(8)16)10-6-9(15(18)19)17-22-10/h5-7H,1-4H3,(H,18,19). The number of carboxylic acids is 1. The highest BCUT2D eigenvalue weighted by Gasteiger charge is 2.25. The third-order valence-corrected chi connectivity index (χ3v) is 3.64. The van der Waals surface area contributed by atoms with E-state index in [4.69, 9.17) is 30.7 Å². The zero-order chi connectivity index (χ0) is 16.4. The summed E-state index contributed by atoms with van der Waals surface area (Å²) in [5.74, 6) is 0.00824. The monoisotopic (exact) mass is 325 g/mol. The van der Waals surface area contributed by atoms with E-state index >= 15 is 0 Å². The molecule has 0 unspecified atom stereocenters. The first kappa shape index (κ1) is 16.2. The Kier molecular flexibility index (Phi) is 4.61. The van der Waals surface area contributed by atoms with Gasteiger partial charge in [0.15, 0.2) is 23.0 Å². The normalized spacial score (nSPS) is 10.8. The van der Waals surface area contributed by atoms with Gasteiger partial charge in [0.05, 0.1) is 24.8 Å². The molecule has 118 valence electrons. The third kappa shape index (κ3) is 2.74. The number of hydrogen-bond acceptors (Lipinski definition) is 5. The molecule has 22 heavy (non-hydrogen) atoms. The number of benzene rings is 1. The first-order chi connectivity index (χ1) is 10.4. The van der Waals surface area contributed by atoms with Gasteiger partial charge in [0, 0.05) is 6.07 Å². The van der Waals surface area contributed by atoms with Gasteiger partial charge in [-0.25, -0.2) is 4.79 Å². The number of aromatic carboxylic acids is 1. The molecule has 0 saturated carbocycles. The largest absolute Gasteiger partial charge is 0.493 e. The van der Waals surface area contributed by atoms with Crippen LogP contribution in [0.3, 0.4) is 0 Å². The summed E-state index contributed by atoms with van der Waals surface area (Å²) in [4.78, 5) is 11.0. The van der Waals surface area contributed by atoms with E-state index in [-0.39, 0.29) is 17.4 Å². The molecule has 0 radical (unpaired) electrons. The van der Waals surface area contributed by atoms with Gasteiger partial charge in [-0.15, -0.1) is 0 Å². The highest BCUT2D eigenvalue weighted by Crippen LogP contribution is 2.46. The predicted octanol–water partition coefficient (Wildman–Crippen LogP) is 3.83. The lowest BCUT2D eigenvalue weighted by atomic mass is 9.98. The van der Waals surface area contributed by atoms with Crippen molar-refractivity contribution in [1.29, 1.82) is 0 Å². The average molecular weight is 326 g/mol. The van der Waals surface area contributed by atoms with Crippen LogP contribution in [-0.4, -0.2) is 30.5 Å². The molecular weight excluding hydrogens is 310 g/mol. The first-order valence-electron chi connectivity index (χ1n) is 6.55. The fourth-order valence-electron chi connectivity index (χ4n) is 2.13. The van der Waals surface area contributed by atoms with E-state index in [1.54, 1.807) is 6.07 Å². The molecule has 0 spiro atoms. The predicted molar refractivity (Wildman–Crippen MR) is 81.1 cm³/mol. The van der Waals surface area contributed by atoms with E-state index < -0.39 is 5.97 Å². The van der Waals surface area contributed by atoms with E-state index in [1.807, 2.05) is 13.8 Å². The molecule has 0 saturated heterocycles. The average Bonchev–Trinajstić information content (AvgIpc) is 2.95. The van der Waals surface area contributed by atoms with Crippen LogP contribution < -0.4 is 9.47 Å². The van der Waals surface area contributed by atoms with Crippen LogP contribution in [0, 0.1) is 0 Å². The second kappa shape index (κ2) is 6.27. The molecule has 0 amide bonds. The number of methoxy groups -OCH3 is 2. The Morgan fingerprint density at radius 3 is 2.45 bits per heavy atom. The molecule has 0 aliphatic carbocycles. The van der Waals surface area contributed by atoms with Crippen molar-refractivity contribution in [3.8, 4) is 22.8 Å². The van der Waals surface area contributed by atoms with Crippen molar-refractivity contribution in [3.05, 3.63) is 28.4 Å². The van der Waals surface area contributed by atoms with Gasteiger partial charge in [-0.2, -0.15) is 0 Å². The minimum absolute atomic E-state index is 0.132. The zero-order valence-electron chi connectivity index (χ0n) is 12.6. The molecule has 0 fully saturated rings. The first-order valence-corrected chi connectivity index (χ1v) is 6.93. The summed E-state index contributed by atoms with van der Waals surface area (Å²) in [5.41, 5.74) is 1.05. The van der Waals surface area contributed by atoms with E-state index in [9.17, 15) is 4.79 Å². The second-order valence-electron chi connectivity index (χ2n) is 4.93. The molecule has 6 nitrogen and oxygen atoms in total. The highest BCUT2D eigenvalue weighted by atomic mass is 35.5. The van der Waals surface area contributed by atoms with Gasteiger partial charge in [0.2, 0.25) is 0 Å². The Morgan fingerprint density at radius 2 is 2.00 bits per heavy atom. The van der Waals surface area contributed by atoms with Gasteiger partial charge in [-0.1, -0.05) is 30.6 Å². The summed E-state index contributed by atoms with van der Waals surface area (Å²) in [7, 11) is 2.99. The minimum atomic E-state index is -1.18. The molecule has 7 heteroatoms. The van der Waals surface area contributed by atoms with Crippen molar-refractivity contribution in [3.63, 3.8) is 0 Å². The molecule has 0 atom stereocenters. The lowest BCUT2D eigenvalue weighted by molar-refractivity contribution is 0.0686. The van der Waals surface area contributed by atoms with Crippen molar-refractivity contribution in [2.45, 2.75) is 19.8 Å². The maximum absolute atomic E-state index is 11.0. The number of carbonyl (C=O) groups is 1. The highest BCUT2D eigenvalue weighted by molar-refractivity contribution is 6.34. The molecule has 0 aliphatic heterocycles. The third-order valence-electron chi connectivity index (χ3n) is 3.23. The molecule has 2 rings (SSSR count). The topological polar surface area (TPSA) is 81.8 Å². The summed E-state index contributed by atoms with van der Waals surface area (Å²) in [6, 6.07) is 3.10. The quantitative estimate of drug-likeness (QED) is 0.899. The SMILES string of the molecule is COc1cc(C(C)C)c(Cl)c(-c2cc(C(=O)O)no2)c1OC. The van der Waals surface area contributed by atoms with Crippen LogP contribution in [-0.2, 0) is 0 Å². The summed E-state index contributed by atoms with van der Waals surface area (Å²) < 4.78 is 15.8. The molecule has 2 aromatic rings. The smallest absolute Gasteiger partial charge is 0.358 e. The van der Waals surface area contributed by atoms with Crippen LogP contribution >= 0.6 is 11.6 Å². The fourth-order valence-corrected chi connectivity index (χ4v) is 2.58. The lowest BCUT2D eigenvalue weighted by Gasteiger charge is -2.17. The molecule has 0 bridgehead atoms. The fraction of sp³-hybridized carbons (Fsp3) is 0.333. The van der Waals surface area contributed by atoms with E-state index in [1.165, 1.54) is 20.3 Å². The number of nitrogens with zero attached hydrogens (tertiary/aromatic N) is 1. The molecular formula is C15H16ClNO5. The maximum Gasteiger partial charge on any atom is 0.358 e. The Labute approximate surface area is 132 Å². The molecule has 1 heterocycles. The Hall–Kier alpha value is -2.21. The molecule has 0 aliphatic rings. The van der Waals surface area contributed by atoms with Crippen LogP contribution in [0.2, 0.25) is 5.02 Å². The molecule has 1 N–H and O–H groups in total. The van der Waals surface area contributed by atoms with Gasteiger partial charge >= 0.3 is 5.97 Å². The Bertz CT molecular complexity index is 708. The van der Waals surface area contributed by atoms with Crippen LogP contribution in [0.1, 0.15) is 35.8 Å². The second-order valence-corrected chi connectivity index (χ2v) is 5.30. The number of rotatable bonds is 5. The van der Waals surface area contributed by atoms with Crippen molar-refractivity contribution in [2.75, 3.05) is 14.2 Å². The van der Waals surface area contributed by atoms with Gasteiger partial charge in [0.25, 0.3) is 0 Å². The summed E-state index contributed by atoms with van der Waals surface area (Å²) in [6.45, 7) is 3.97. The van der Waals surface area contributed by atoms with Crippen LogP contribution in [0.15, 0.2) is 16.7 Å². The Morgan fingerprint density at radius 1 is 1.32 bits per heavy atom. The van der Waals surface area contributed by atoms with Gasteiger partial charge in [-0.3, -0.25) is 0 Å². The van der Waals surface area contributed by atoms with Crippen molar-refractivity contribution in [1.82, 2.24) is 5.16 Å². The summed E-state index contributed by atoms with van der Waals surface area (Å²) >= 11 is 6.47. The summed E-state index contributed by atoms with van der Waals surface area (Å²) in [6.07, 6.45) is 0. The Balaban J connectivity index is 2.75. The lowest BCUT2D eigenvalue weighted by Crippen LogP contribution is -1.99. The van der Waals surface area contributed by atoms with Gasteiger partial charge in [-0.05, 0) is 17.5 Å². The van der Waals surface area contributed by atoms with Crippen molar-refractivity contribution in [2.24, 2.45) is 0 Å².